The van der Waals surface area contributed by atoms with Gasteiger partial charge in [-0.05, 0) is 80.6 Å². The standard InChI is InChI=1S/C30H40O5/c1-16(27(34)35)14-21-19(8-9-20(21)18(3)31)17(2)26-22(32)15-24-29(6)13-11-25(33)28(4,5)23(29)10-12-30(24,26)7/h9,14,19,21,23-24H,8,10-13,15H2,1-7H3,(H,34,35)/b16-14+,26-17-/t19-,21-,23-,24-,29-,30-/m0/s1. The lowest BCUT2D eigenvalue weighted by Crippen LogP contribution is -2.56. The van der Waals surface area contributed by atoms with E-state index < -0.39 is 5.97 Å². The van der Waals surface area contributed by atoms with Crippen LogP contribution in [0.3, 0.4) is 0 Å². The highest BCUT2D eigenvalue weighted by atomic mass is 16.4. The lowest BCUT2D eigenvalue weighted by molar-refractivity contribution is -0.154. The Morgan fingerprint density at radius 1 is 1.03 bits per heavy atom. The molecule has 0 bridgehead atoms. The molecule has 0 saturated heterocycles. The van der Waals surface area contributed by atoms with E-state index in [1.165, 1.54) is 6.92 Å². The normalized spacial score (nSPS) is 40.2. The molecule has 0 spiro atoms. The van der Waals surface area contributed by atoms with Crippen LogP contribution in [-0.2, 0) is 19.2 Å². The zero-order valence-electron chi connectivity index (χ0n) is 22.3. The Hall–Kier alpha value is -2.30. The highest BCUT2D eigenvalue weighted by Gasteiger charge is 2.64. The van der Waals surface area contributed by atoms with Crippen LogP contribution in [0.15, 0.2) is 34.4 Å². The minimum atomic E-state index is -0.992. The number of allylic oxidation sites excluding steroid dienone is 5. The summed E-state index contributed by atoms with van der Waals surface area (Å²) in [6.07, 6.45) is 7.99. The van der Waals surface area contributed by atoms with Gasteiger partial charge in [0, 0.05) is 35.3 Å². The molecule has 6 atom stereocenters. The van der Waals surface area contributed by atoms with Crippen molar-refractivity contribution < 1.29 is 24.3 Å². The average molecular weight is 481 g/mol. The van der Waals surface area contributed by atoms with Gasteiger partial charge < -0.3 is 5.11 Å². The maximum absolute atomic E-state index is 13.7. The number of carbonyl (C=O) groups is 4. The third-order valence-electron chi connectivity index (χ3n) is 10.5. The van der Waals surface area contributed by atoms with Crippen LogP contribution in [-0.4, -0.2) is 28.4 Å². The smallest absolute Gasteiger partial charge is 0.330 e. The molecule has 5 nitrogen and oxygen atoms in total. The molecule has 190 valence electrons. The highest BCUT2D eigenvalue weighted by molar-refractivity contribution is 6.01. The van der Waals surface area contributed by atoms with Crippen LogP contribution in [0.4, 0.5) is 0 Å². The zero-order valence-corrected chi connectivity index (χ0v) is 22.3. The number of Topliss-reactive ketones (excluding diaryl/α,β-unsaturated/α-hetero) is 3. The fourth-order valence-corrected chi connectivity index (χ4v) is 8.70. The summed E-state index contributed by atoms with van der Waals surface area (Å²) < 4.78 is 0. The second-order valence-corrected chi connectivity index (χ2v) is 12.6. The molecular formula is C30H40O5. The van der Waals surface area contributed by atoms with Gasteiger partial charge >= 0.3 is 5.97 Å². The Bertz CT molecular complexity index is 1100. The summed E-state index contributed by atoms with van der Waals surface area (Å²) in [5.41, 5.74) is 2.08. The van der Waals surface area contributed by atoms with Crippen LogP contribution in [0, 0.1) is 39.9 Å². The zero-order chi connectivity index (χ0) is 26.1. The topological polar surface area (TPSA) is 88.5 Å². The Morgan fingerprint density at radius 2 is 1.69 bits per heavy atom. The van der Waals surface area contributed by atoms with Crippen LogP contribution in [0.2, 0.25) is 0 Å². The molecular weight excluding hydrogens is 440 g/mol. The largest absolute Gasteiger partial charge is 0.478 e. The molecule has 0 radical (unpaired) electrons. The second kappa shape index (κ2) is 8.38. The predicted molar refractivity (Wildman–Crippen MR) is 135 cm³/mol. The molecule has 4 aliphatic rings. The van der Waals surface area contributed by atoms with Gasteiger partial charge in [-0.2, -0.15) is 0 Å². The van der Waals surface area contributed by atoms with E-state index in [0.717, 1.165) is 30.4 Å². The molecule has 0 aromatic rings. The maximum atomic E-state index is 13.7. The summed E-state index contributed by atoms with van der Waals surface area (Å²) >= 11 is 0. The van der Waals surface area contributed by atoms with Crippen molar-refractivity contribution in [2.75, 3.05) is 0 Å². The third-order valence-corrected chi connectivity index (χ3v) is 10.5. The molecule has 0 heterocycles. The maximum Gasteiger partial charge on any atom is 0.330 e. The van der Waals surface area contributed by atoms with E-state index in [0.29, 0.717) is 30.6 Å². The molecule has 3 fully saturated rings. The number of aliphatic carboxylic acids is 1. The van der Waals surface area contributed by atoms with Crippen LogP contribution in [0.25, 0.3) is 0 Å². The van der Waals surface area contributed by atoms with Gasteiger partial charge in [0.25, 0.3) is 0 Å². The van der Waals surface area contributed by atoms with Gasteiger partial charge in [-0.25, -0.2) is 4.79 Å². The van der Waals surface area contributed by atoms with E-state index in [1.54, 1.807) is 13.0 Å². The quantitative estimate of drug-likeness (QED) is 0.507. The Kier molecular flexibility index (Phi) is 6.18. The Balaban J connectivity index is 1.77. The predicted octanol–water partition coefficient (Wildman–Crippen LogP) is 5.89. The fourth-order valence-electron chi connectivity index (χ4n) is 8.70. The third kappa shape index (κ3) is 3.72. The van der Waals surface area contributed by atoms with Crippen molar-refractivity contribution in [2.45, 2.75) is 87.0 Å². The van der Waals surface area contributed by atoms with E-state index in [4.69, 9.17) is 0 Å². The SMILES string of the molecule is CC(=O)C1=CC[C@@H](/C(C)=C2/C(=O)C[C@H]3[C@@]4(C)CCC(=O)C(C)(C)[C@@H]4CC[C@]23C)[C@@H]1/C=C(\C)C(=O)O. The fraction of sp³-hybridized carbons (Fsp3) is 0.667. The second-order valence-electron chi connectivity index (χ2n) is 12.6. The first-order valence-corrected chi connectivity index (χ1v) is 13.1. The molecule has 0 unspecified atom stereocenters. The summed E-state index contributed by atoms with van der Waals surface area (Å²) in [5.74, 6) is -0.458. The molecule has 3 saturated carbocycles. The number of carboxylic acid groups (broad SMARTS) is 1. The van der Waals surface area contributed by atoms with Crippen LogP contribution in [0.5, 0.6) is 0 Å². The Labute approximate surface area is 209 Å². The Morgan fingerprint density at radius 3 is 2.29 bits per heavy atom. The molecule has 0 aromatic heterocycles. The minimum absolute atomic E-state index is 0.0475. The first-order valence-electron chi connectivity index (χ1n) is 13.1. The molecule has 0 amide bonds. The van der Waals surface area contributed by atoms with E-state index in [1.807, 2.05) is 13.0 Å². The van der Waals surface area contributed by atoms with Gasteiger partial charge in [0.2, 0.25) is 0 Å². The molecule has 4 aliphatic carbocycles. The number of ketones is 3. The van der Waals surface area contributed by atoms with Crippen molar-refractivity contribution in [2.24, 2.45) is 39.9 Å². The van der Waals surface area contributed by atoms with Gasteiger partial charge in [0.15, 0.2) is 11.6 Å². The summed E-state index contributed by atoms with van der Waals surface area (Å²) in [4.78, 5) is 50.5. The van der Waals surface area contributed by atoms with Gasteiger partial charge in [-0.15, -0.1) is 0 Å². The molecule has 4 rings (SSSR count). The van der Waals surface area contributed by atoms with Crippen molar-refractivity contribution in [3.05, 3.63) is 34.4 Å². The van der Waals surface area contributed by atoms with E-state index in [-0.39, 0.29) is 57.1 Å². The number of hydrogen-bond acceptors (Lipinski definition) is 4. The van der Waals surface area contributed by atoms with E-state index in [2.05, 4.69) is 27.7 Å². The lowest BCUT2D eigenvalue weighted by atomic mass is 9.43. The number of hydrogen-bond donors (Lipinski definition) is 1. The van der Waals surface area contributed by atoms with Crippen molar-refractivity contribution >= 4 is 23.3 Å². The summed E-state index contributed by atoms with van der Waals surface area (Å²) in [5, 5.41) is 9.48. The van der Waals surface area contributed by atoms with Gasteiger partial charge in [-0.3, -0.25) is 14.4 Å². The molecule has 0 aromatic carbocycles. The van der Waals surface area contributed by atoms with Gasteiger partial charge in [0.1, 0.15) is 5.78 Å². The van der Waals surface area contributed by atoms with E-state index in [9.17, 15) is 24.3 Å². The molecule has 1 N–H and O–H groups in total. The number of carboxylic acids is 1. The monoisotopic (exact) mass is 480 g/mol. The van der Waals surface area contributed by atoms with Crippen molar-refractivity contribution in [1.29, 1.82) is 0 Å². The highest BCUT2D eigenvalue weighted by Crippen LogP contribution is 2.69. The molecule has 0 aliphatic heterocycles. The average Bonchev–Trinajstić information content (AvgIpc) is 3.29. The minimum Gasteiger partial charge on any atom is -0.478 e. The molecule has 5 heteroatoms. The van der Waals surface area contributed by atoms with Crippen LogP contribution >= 0.6 is 0 Å². The molecule has 35 heavy (non-hydrogen) atoms. The first kappa shape index (κ1) is 25.8. The number of rotatable bonds is 4. The summed E-state index contributed by atoms with van der Waals surface area (Å²) in [6.45, 7) is 13.9. The van der Waals surface area contributed by atoms with Crippen LogP contribution in [0.1, 0.15) is 87.0 Å². The van der Waals surface area contributed by atoms with Gasteiger partial charge in [0.05, 0.1) is 0 Å². The lowest BCUT2D eigenvalue weighted by Gasteiger charge is -2.60. The van der Waals surface area contributed by atoms with E-state index >= 15 is 0 Å². The van der Waals surface area contributed by atoms with Crippen molar-refractivity contribution in [3.63, 3.8) is 0 Å². The van der Waals surface area contributed by atoms with Crippen LogP contribution < -0.4 is 0 Å². The van der Waals surface area contributed by atoms with Gasteiger partial charge in [-0.1, -0.05) is 45.4 Å². The first-order chi connectivity index (χ1) is 16.2. The summed E-state index contributed by atoms with van der Waals surface area (Å²) in [7, 11) is 0. The number of carbonyl (C=O) groups excluding carboxylic acids is 3. The van der Waals surface area contributed by atoms with Crippen molar-refractivity contribution in [1.82, 2.24) is 0 Å². The number of fused-ring (bicyclic) bond motifs is 3. The summed E-state index contributed by atoms with van der Waals surface area (Å²) in [6, 6.07) is 0. The van der Waals surface area contributed by atoms with Crippen molar-refractivity contribution in [3.8, 4) is 0 Å².